The van der Waals surface area contributed by atoms with Crippen LogP contribution in [0.1, 0.15) is 18.0 Å². The number of hydrogen-bond donors (Lipinski definition) is 2. The minimum atomic E-state index is -0.484. The van der Waals surface area contributed by atoms with E-state index in [0.29, 0.717) is 41.8 Å². The molecule has 0 radical (unpaired) electrons. The molecule has 0 unspecified atom stereocenters. The second-order valence-corrected chi connectivity index (χ2v) is 9.98. The molecule has 1 amide bonds. The molecule has 2 saturated heterocycles. The SMILES string of the molecule is C=CC(=O)Nc1cc(Nc2cc(N3OCC[C@@H]3c3ccc(Cl)c(F)c3)ncn2)c(OC)cc1N1CCN(C)CC1. The number of nitrogens with one attached hydrogen (secondary N) is 2. The van der Waals surface area contributed by atoms with E-state index in [0.717, 1.165) is 37.4 Å². The fraction of sp³-hybridized carbons (Fsp3) is 0.321. The maximum Gasteiger partial charge on any atom is 0.247 e. The number of ether oxygens (including phenoxy) is 1. The molecule has 2 N–H and O–H groups in total. The van der Waals surface area contributed by atoms with E-state index < -0.39 is 5.82 Å². The number of likely N-dealkylation sites (N-methyl/N-ethyl adjacent to an activating group) is 1. The number of halogens is 2. The topological polar surface area (TPSA) is 95.1 Å². The molecule has 40 heavy (non-hydrogen) atoms. The quantitative estimate of drug-likeness (QED) is 0.373. The molecule has 1 atom stereocenters. The van der Waals surface area contributed by atoms with Crippen LogP contribution in [-0.2, 0) is 9.63 Å². The van der Waals surface area contributed by atoms with Crippen LogP contribution in [0.5, 0.6) is 5.75 Å². The largest absolute Gasteiger partial charge is 0.494 e. The average molecular weight is 568 g/mol. The van der Waals surface area contributed by atoms with Gasteiger partial charge in [-0.15, -0.1) is 0 Å². The van der Waals surface area contributed by atoms with Gasteiger partial charge in [-0.25, -0.2) is 19.4 Å². The Morgan fingerprint density at radius 3 is 2.70 bits per heavy atom. The summed E-state index contributed by atoms with van der Waals surface area (Å²) in [4.78, 5) is 31.4. The number of nitrogens with zero attached hydrogens (tertiary/aromatic N) is 5. The summed E-state index contributed by atoms with van der Waals surface area (Å²) in [5.74, 6) is 0.767. The second kappa shape index (κ2) is 12.1. The van der Waals surface area contributed by atoms with Crippen LogP contribution in [-0.4, -0.2) is 67.7 Å². The summed E-state index contributed by atoms with van der Waals surface area (Å²) in [7, 11) is 3.68. The lowest BCUT2D eigenvalue weighted by Crippen LogP contribution is -2.44. The minimum absolute atomic E-state index is 0.0685. The van der Waals surface area contributed by atoms with E-state index in [-0.39, 0.29) is 17.0 Å². The molecule has 2 aliphatic rings. The number of carbonyl (C=O) groups is 1. The summed E-state index contributed by atoms with van der Waals surface area (Å²) in [6.07, 6.45) is 3.31. The standard InChI is InChI=1S/C28H31ClFN7O3/c1-4-28(38)34-21-14-22(25(39-3)15-24(21)36-10-8-35(2)9-11-36)33-26-16-27(32-17-31-26)37-23(7-12-40-37)18-5-6-19(29)20(30)13-18/h4-6,13-17,23H,1,7-12H2,2-3H3,(H,34,38)(H,31,32,33)/t23-/m1/s1. The number of piperazine rings is 1. The van der Waals surface area contributed by atoms with Crippen LogP contribution in [0.25, 0.3) is 0 Å². The number of aromatic nitrogens is 2. The normalized spacial score (nSPS) is 17.6. The van der Waals surface area contributed by atoms with Gasteiger partial charge in [-0.3, -0.25) is 9.63 Å². The van der Waals surface area contributed by atoms with Crippen LogP contribution in [0.2, 0.25) is 5.02 Å². The van der Waals surface area contributed by atoms with Gasteiger partial charge in [0.15, 0.2) is 5.82 Å². The predicted molar refractivity (Wildman–Crippen MR) is 154 cm³/mol. The third kappa shape index (κ3) is 5.96. The van der Waals surface area contributed by atoms with Crippen molar-refractivity contribution in [2.75, 3.05) is 67.5 Å². The van der Waals surface area contributed by atoms with Crippen molar-refractivity contribution >= 4 is 46.2 Å². The first kappa shape index (κ1) is 27.6. The molecule has 3 aromatic rings. The van der Waals surface area contributed by atoms with Gasteiger partial charge >= 0.3 is 0 Å². The van der Waals surface area contributed by atoms with Crippen LogP contribution in [0.3, 0.4) is 0 Å². The van der Waals surface area contributed by atoms with Crippen molar-refractivity contribution in [1.82, 2.24) is 14.9 Å². The monoisotopic (exact) mass is 567 g/mol. The third-order valence-corrected chi connectivity index (χ3v) is 7.29. The van der Waals surface area contributed by atoms with Crippen LogP contribution in [0.4, 0.5) is 33.1 Å². The summed E-state index contributed by atoms with van der Waals surface area (Å²) in [6, 6.07) is 9.96. The van der Waals surface area contributed by atoms with Crippen molar-refractivity contribution in [1.29, 1.82) is 0 Å². The zero-order valence-corrected chi connectivity index (χ0v) is 23.1. The molecule has 10 nitrogen and oxygen atoms in total. The van der Waals surface area contributed by atoms with Gasteiger partial charge in [0.1, 0.15) is 23.7 Å². The summed E-state index contributed by atoms with van der Waals surface area (Å²) in [5, 5.41) is 7.93. The molecular weight excluding hydrogens is 537 g/mol. The summed E-state index contributed by atoms with van der Waals surface area (Å²) >= 11 is 5.88. The third-order valence-electron chi connectivity index (χ3n) is 6.98. The van der Waals surface area contributed by atoms with Gasteiger partial charge in [0, 0.05) is 44.7 Å². The smallest absolute Gasteiger partial charge is 0.247 e. The van der Waals surface area contributed by atoms with E-state index in [9.17, 15) is 9.18 Å². The number of amides is 1. The summed E-state index contributed by atoms with van der Waals surface area (Å²) in [5.41, 5.74) is 2.82. The Hall–Kier alpha value is -3.93. The summed E-state index contributed by atoms with van der Waals surface area (Å²) in [6.45, 7) is 7.47. The molecule has 0 spiro atoms. The van der Waals surface area contributed by atoms with Crippen LogP contribution >= 0.6 is 11.6 Å². The van der Waals surface area contributed by atoms with Crippen molar-refractivity contribution in [3.63, 3.8) is 0 Å². The number of rotatable bonds is 8. The summed E-state index contributed by atoms with van der Waals surface area (Å²) < 4.78 is 19.9. The zero-order chi connectivity index (χ0) is 28.2. The van der Waals surface area contributed by atoms with Crippen molar-refractivity contribution in [2.45, 2.75) is 12.5 Å². The van der Waals surface area contributed by atoms with Crippen LogP contribution in [0.15, 0.2) is 55.4 Å². The predicted octanol–water partition coefficient (Wildman–Crippen LogP) is 4.78. The van der Waals surface area contributed by atoms with Crippen LogP contribution < -0.4 is 25.3 Å². The van der Waals surface area contributed by atoms with Gasteiger partial charge in [-0.1, -0.05) is 24.2 Å². The molecule has 2 aromatic carbocycles. The van der Waals surface area contributed by atoms with Gasteiger partial charge < -0.3 is 25.2 Å². The molecule has 0 aliphatic carbocycles. The number of anilines is 5. The van der Waals surface area contributed by atoms with E-state index in [1.807, 2.05) is 12.1 Å². The Morgan fingerprint density at radius 1 is 1.18 bits per heavy atom. The molecule has 1 aromatic heterocycles. The highest BCUT2D eigenvalue weighted by molar-refractivity contribution is 6.30. The van der Waals surface area contributed by atoms with Crippen molar-refractivity contribution in [3.8, 4) is 5.75 Å². The number of hydroxylamine groups is 1. The number of methoxy groups -OCH3 is 1. The van der Waals surface area contributed by atoms with Crippen molar-refractivity contribution in [3.05, 3.63) is 71.8 Å². The van der Waals surface area contributed by atoms with Gasteiger partial charge in [-0.05, 0) is 36.9 Å². The minimum Gasteiger partial charge on any atom is -0.494 e. The Labute approximate surface area is 237 Å². The van der Waals surface area contributed by atoms with E-state index in [4.69, 9.17) is 21.2 Å². The lowest BCUT2D eigenvalue weighted by atomic mass is 10.0. The first-order valence-electron chi connectivity index (χ1n) is 12.9. The van der Waals surface area contributed by atoms with Gasteiger partial charge in [0.25, 0.3) is 0 Å². The first-order chi connectivity index (χ1) is 19.4. The number of carbonyl (C=O) groups excluding carboxylic acids is 1. The molecule has 0 bridgehead atoms. The molecule has 12 heteroatoms. The Balaban J connectivity index is 1.44. The lowest BCUT2D eigenvalue weighted by molar-refractivity contribution is -0.111. The molecule has 0 saturated carbocycles. The molecule has 210 valence electrons. The number of hydrogen-bond acceptors (Lipinski definition) is 9. The van der Waals surface area contributed by atoms with Gasteiger partial charge in [0.05, 0.1) is 41.8 Å². The maximum atomic E-state index is 14.2. The molecule has 5 rings (SSSR count). The fourth-order valence-electron chi connectivity index (χ4n) is 4.82. The van der Waals surface area contributed by atoms with E-state index in [2.05, 4.69) is 44.0 Å². The Bertz CT molecular complexity index is 1400. The van der Waals surface area contributed by atoms with Crippen molar-refractivity contribution in [2.24, 2.45) is 0 Å². The highest BCUT2D eigenvalue weighted by Crippen LogP contribution is 2.40. The Kier molecular flexibility index (Phi) is 8.34. The van der Waals surface area contributed by atoms with Crippen molar-refractivity contribution < 1.29 is 18.8 Å². The van der Waals surface area contributed by atoms with E-state index in [1.54, 1.807) is 24.3 Å². The maximum absolute atomic E-state index is 14.2. The molecule has 3 heterocycles. The van der Waals surface area contributed by atoms with Crippen LogP contribution in [0, 0.1) is 5.82 Å². The highest BCUT2D eigenvalue weighted by atomic mass is 35.5. The first-order valence-corrected chi connectivity index (χ1v) is 13.3. The highest BCUT2D eigenvalue weighted by Gasteiger charge is 2.30. The second-order valence-electron chi connectivity index (χ2n) is 9.58. The van der Waals surface area contributed by atoms with Gasteiger partial charge in [-0.2, -0.15) is 0 Å². The van der Waals surface area contributed by atoms with Gasteiger partial charge in [0.2, 0.25) is 5.91 Å². The number of benzene rings is 2. The zero-order valence-electron chi connectivity index (χ0n) is 22.4. The lowest BCUT2D eigenvalue weighted by Gasteiger charge is -2.35. The van der Waals surface area contributed by atoms with E-state index >= 15 is 0 Å². The molecular formula is C28H31ClFN7O3. The fourth-order valence-corrected chi connectivity index (χ4v) is 4.94. The van der Waals surface area contributed by atoms with E-state index in [1.165, 1.54) is 24.5 Å². The molecule has 2 aliphatic heterocycles. The Morgan fingerprint density at radius 2 is 1.98 bits per heavy atom. The average Bonchev–Trinajstić information content (AvgIpc) is 3.45. The molecule has 2 fully saturated rings.